The summed E-state index contributed by atoms with van der Waals surface area (Å²) in [5, 5.41) is 1.11. The van der Waals surface area contributed by atoms with Gasteiger partial charge >= 0.3 is 0 Å². The average molecular weight is 805 g/mol. The van der Waals surface area contributed by atoms with E-state index in [0.717, 1.165) is 45.9 Å². The molecule has 240 valence electrons. The number of pyridine rings is 2. The molecule has 1 aliphatic rings. The zero-order valence-electron chi connectivity index (χ0n) is 26.5. The Bertz CT molecular complexity index is 2260. The van der Waals surface area contributed by atoms with Gasteiger partial charge in [-0.3, -0.25) is 9.59 Å². The van der Waals surface area contributed by atoms with Crippen molar-refractivity contribution in [2.24, 2.45) is 0 Å². The first-order valence-corrected chi connectivity index (χ1v) is 14.9. The summed E-state index contributed by atoms with van der Waals surface area (Å²) in [7, 11) is 1.61. The fraction of sp³-hybridized carbons (Fsp3) is 0.154. The molecule has 4 heterocycles. The predicted molar refractivity (Wildman–Crippen MR) is 182 cm³/mol. The van der Waals surface area contributed by atoms with Crippen LogP contribution in [-0.4, -0.2) is 17.1 Å². The Balaban J connectivity index is 0.000000191. The average Bonchev–Trinajstić information content (AvgIpc) is 3.07. The van der Waals surface area contributed by atoms with Crippen LogP contribution in [0.2, 0.25) is 0 Å². The first-order chi connectivity index (χ1) is 22.1. The minimum absolute atomic E-state index is 0. The third-order valence-electron chi connectivity index (χ3n) is 7.81. The molecule has 0 aliphatic carbocycles. The van der Waals surface area contributed by atoms with Crippen molar-refractivity contribution in [1.29, 1.82) is 0 Å². The van der Waals surface area contributed by atoms with E-state index < -0.39 is 0 Å². The van der Waals surface area contributed by atoms with E-state index in [1.165, 1.54) is 6.07 Å². The van der Waals surface area contributed by atoms with E-state index in [1.54, 1.807) is 49.8 Å². The van der Waals surface area contributed by atoms with Crippen LogP contribution < -0.4 is 20.3 Å². The molecule has 7 rings (SSSR count). The van der Waals surface area contributed by atoms with E-state index in [1.807, 2.05) is 48.5 Å². The van der Waals surface area contributed by atoms with Gasteiger partial charge in [-0.05, 0) is 94.2 Å². The molecule has 0 saturated carbocycles. The zero-order valence-corrected chi connectivity index (χ0v) is 28.7. The van der Waals surface area contributed by atoms with Crippen molar-refractivity contribution in [3.63, 3.8) is 0 Å². The van der Waals surface area contributed by atoms with Crippen LogP contribution in [-0.2, 0) is 32.9 Å². The number of ether oxygens (including phenoxy) is 2. The molecule has 0 fully saturated rings. The van der Waals surface area contributed by atoms with Gasteiger partial charge in [0.15, 0.2) is 10.9 Å². The Labute approximate surface area is 286 Å². The monoisotopic (exact) mass is 804 g/mol. The molecule has 0 saturated heterocycles. The van der Waals surface area contributed by atoms with Gasteiger partial charge in [-0.1, -0.05) is 33.4 Å². The van der Waals surface area contributed by atoms with Gasteiger partial charge in [0.25, 0.3) is 0 Å². The van der Waals surface area contributed by atoms with Crippen molar-refractivity contribution in [2.75, 3.05) is 7.11 Å². The fourth-order valence-electron chi connectivity index (χ4n) is 5.22. The maximum absolute atomic E-state index is 13.2. The third-order valence-corrected chi connectivity index (χ3v) is 7.81. The molecule has 47 heavy (non-hydrogen) atoms. The number of aromatic nitrogens is 2. The molecule has 3 aromatic heterocycles. The first-order valence-electron chi connectivity index (χ1n) is 14.9. The second-order valence-corrected chi connectivity index (χ2v) is 12.0. The maximum atomic E-state index is 13.2. The van der Waals surface area contributed by atoms with E-state index >= 15 is 0 Å². The van der Waals surface area contributed by atoms with Crippen molar-refractivity contribution in [2.45, 2.75) is 32.6 Å². The maximum Gasteiger partial charge on any atom is 0.182 e. The molecular formula is C39H33N2O5Pt-. The number of allylic oxidation sites excluding steroid dienone is 2. The number of hydrogen-bond donors (Lipinski definition) is 1. The number of nitrogens with one attached hydrogen (secondary N) is 1. The number of H-pyrrole nitrogens is 1. The van der Waals surface area contributed by atoms with Crippen LogP contribution in [0.1, 0.15) is 31.9 Å². The summed E-state index contributed by atoms with van der Waals surface area (Å²) < 4.78 is 16.9. The van der Waals surface area contributed by atoms with Crippen LogP contribution in [0, 0.1) is 6.07 Å². The van der Waals surface area contributed by atoms with Gasteiger partial charge < -0.3 is 23.9 Å². The van der Waals surface area contributed by atoms with Crippen molar-refractivity contribution in [1.82, 2.24) is 9.97 Å². The number of rotatable bonds is 4. The second kappa shape index (κ2) is 13.8. The largest absolute Gasteiger partial charge is 0.500 e. The van der Waals surface area contributed by atoms with Gasteiger partial charge in [0, 0.05) is 51.3 Å². The number of fused-ring (bicyclic) bond motifs is 3. The Morgan fingerprint density at radius 2 is 1.79 bits per heavy atom. The van der Waals surface area contributed by atoms with Crippen LogP contribution in [0.3, 0.4) is 0 Å². The van der Waals surface area contributed by atoms with E-state index in [2.05, 4.69) is 43.4 Å². The van der Waals surface area contributed by atoms with Crippen molar-refractivity contribution < 1.29 is 35.0 Å². The van der Waals surface area contributed by atoms with E-state index in [4.69, 9.17) is 13.9 Å². The normalized spacial score (nSPS) is 12.1. The molecule has 3 aromatic carbocycles. The van der Waals surface area contributed by atoms with Crippen LogP contribution in [0.4, 0.5) is 0 Å². The summed E-state index contributed by atoms with van der Waals surface area (Å²) >= 11 is 0. The van der Waals surface area contributed by atoms with Gasteiger partial charge in [-0.2, -0.15) is 0 Å². The van der Waals surface area contributed by atoms with Crippen molar-refractivity contribution in [3.8, 4) is 34.0 Å². The molecule has 0 radical (unpaired) electrons. The van der Waals surface area contributed by atoms with Gasteiger partial charge in [0.1, 0.15) is 22.8 Å². The van der Waals surface area contributed by atoms with E-state index in [0.29, 0.717) is 33.4 Å². The Kier molecular flexibility index (Phi) is 9.78. The van der Waals surface area contributed by atoms with Crippen LogP contribution in [0.5, 0.6) is 11.5 Å². The summed E-state index contributed by atoms with van der Waals surface area (Å²) in [6.45, 7) is 10.1. The van der Waals surface area contributed by atoms with E-state index in [-0.39, 0.29) is 37.3 Å². The molecule has 8 heteroatoms. The second-order valence-electron chi connectivity index (χ2n) is 12.0. The molecule has 0 unspecified atom stereocenters. The fourth-order valence-corrected chi connectivity index (χ4v) is 5.22. The zero-order chi connectivity index (χ0) is 32.4. The molecule has 1 aliphatic heterocycles. The summed E-state index contributed by atoms with van der Waals surface area (Å²) in [5.74, 6) is 2.33. The molecule has 7 nitrogen and oxygen atoms in total. The number of methoxy groups -OCH3 is 1. The molecule has 6 aromatic rings. The smallest absolute Gasteiger partial charge is 0.182 e. The summed E-state index contributed by atoms with van der Waals surface area (Å²) in [6.07, 6.45) is 7.83. The molecule has 1 N–H and O–H groups in total. The van der Waals surface area contributed by atoms with Crippen LogP contribution >= 0.6 is 0 Å². The van der Waals surface area contributed by atoms with Crippen LogP contribution in [0.25, 0.3) is 44.5 Å². The van der Waals surface area contributed by atoms with Gasteiger partial charge in [0.2, 0.25) is 0 Å². The van der Waals surface area contributed by atoms with E-state index in [9.17, 15) is 9.59 Å². The molecule has 0 spiro atoms. The number of benzene rings is 3. The quantitative estimate of drug-likeness (QED) is 0.143. The van der Waals surface area contributed by atoms with Crippen molar-refractivity contribution in [3.05, 3.63) is 147 Å². The Morgan fingerprint density at radius 3 is 2.53 bits per heavy atom. The molecule has 0 atom stereocenters. The van der Waals surface area contributed by atoms with Gasteiger partial charge in [-0.15, -0.1) is 23.8 Å². The third kappa shape index (κ3) is 7.21. The summed E-state index contributed by atoms with van der Waals surface area (Å²) in [5.41, 5.74) is 6.42. The topological polar surface area (TPSA) is 94.4 Å². The molecule has 0 amide bonds. The van der Waals surface area contributed by atoms with Crippen molar-refractivity contribution >= 4 is 21.9 Å². The molecular weight excluding hydrogens is 772 g/mol. The first kappa shape index (κ1) is 33.4. The summed E-state index contributed by atoms with van der Waals surface area (Å²) in [6, 6.07) is 25.0. The minimum atomic E-state index is -0.0459. The number of hydrogen-bond acceptors (Lipinski definition) is 6. The van der Waals surface area contributed by atoms with Gasteiger partial charge in [-0.25, -0.2) is 0 Å². The SMILES string of the molecule is C=CC1=CCc2cc(-c3cc(=O)cc[nH]3)ccc2O1.COc1ccnc(-c2[c-]cc3oc4ccc(C(C)(C)C)cc4c(=O)c3c2)c1.[Pt]. The van der Waals surface area contributed by atoms with Crippen LogP contribution in [0.15, 0.2) is 124 Å². The van der Waals surface area contributed by atoms with Gasteiger partial charge in [0.05, 0.1) is 18.1 Å². The summed E-state index contributed by atoms with van der Waals surface area (Å²) in [4.78, 5) is 32.0. The number of aromatic amines is 1. The Hall–Kier alpha value is -5.00. The molecule has 0 bridgehead atoms. The standard InChI is InChI=1S/C23H20NO3.C16H13NO2.Pt/c1-23(2,3)15-6-8-21-18(12-15)22(25)17-11-14(5-7-20(17)27-21)19-13-16(26-4)9-10-24-19;1-2-14-5-3-12-9-11(4-6-16(12)19-14)15-10-13(18)7-8-17-15;/h6-13H,1-4H3;2,4-10H,1,3H2,(H,17,18);/q-1;;. The Morgan fingerprint density at radius 1 is 0.979 bits per heavy atom. The number of nitrogens with zero attached hydrogens (tertiary/aromatic N) is 1. The predicted octanol–water partition coefficient (Wildman–Crippen LogP) is 8.16. The minimum Gasteiger partial charge on any atom is -0.500 e.